The fourth-order valence-corrected chi connectivity index (χ4v) is 2.05. The predicted octanol–water partition coefficient (Wildman–Crippen LogP) is 2.74. The van der Waals surface area contributed by atoms with Gasteiger partial charge in [-0.25, -0.2) is 9.59 Å². The highest BCUT2D eigenvalue weighted by Crippen LogP contribution is 2.11. The summed E-state index contributed by atoms with van der Waals surface area (Å²) in [5, 5.41) is 11.1. The van der Waals surface area contributed by atoms with Crippen LogP contribution in [-0.2, 0) is 25.7 Å². The SMILES string of the molecule is CC[C@H](C)[C@H](NC(=O)OCc1ccccc1)C(=O)OCCCC(=O)O. The molecule has 0 saturated heterocycles. The van der Waals surface area contributed by atoms with Crippen LogP contribution in [0.1, 0.15) is 38.7 Å². The Morgan fingerprint density at radius 3 is 2.44 bits per heavy atom. The van der Waals surface area contributed by atoms with E-state index in [0.29, 0.717) is 6.42 Å². The van der Waals surface area contributed by atoms with Crippen LogP contribution >= 0.6 is 0 Å². The van der Waals surface area contributed by atoms with Crippen LogP contribution in [0.15, 0.2) is 30.3 Å². The number of esters is 1. The van der Waals surface area contributed by atoms with Gasteiger partial charge in [0, 0.05) is 6.42 Å². The molecule has 1 aromatic carbocycles. The van der Waals surface area contributed by atoms with Crippen molar-refractivity contribution in [3.63, 3.8) is 0 Å². The van der Waals surface area contributed by atoms with Crippen molar-refractivity contribution in [1.29, 1.82) is 0 Å². The van der Waals surface area contributed by atoms with Gasteiger partial charge in [-0.1, -0.05) is 50.6 Å². The van der Waals surface area contributed by atoms with Crippen LogP contribution in [-0.4, -0.2) is 35.8 Å². The molecule has 2 atom stereocenters. The van der Waals surface area contributed by atoms with E-state index in [1.54, 1.807) is 0 Å². The molecular formula is C18H25NO6. The zero-order chi connectivity index (χ0) is 18.7. The molecule has 138 valence electrons. The van der Waals surface area contributed by atoms with E-state index in [4.69, 9.17) is 14.6 Å². The first-order valence-electron chi connectivity index (χ1n) is 8.29. The Hall–Kier alpha value is -2.57. The summed E-state index contributed by atoms with van der Waals surface area (Å²) in [7, 11) is 0. The van der Waals surface area contributed by atoms with E-state index in [0.717, 1.165) is 5.56 Å². The highest BCUT2D eigenvalue weighted by molar-refractivity contribution is 5.81. The standard InChI is InChI=1S/C18H25NO6/c1-3-13(2)16(17(22)24-11-7-10-15(20)21)19-18(23)25-12-14-8-5-4-6-9-14/h4-6,8-9,13,16H,3,7,10-12H2,1-2H3,(H,19,23)(H,20,21)/t13-,16-/m0/s1. The minimum Gasteiger partial charge on any atom is -0.481 e. The number of hydrogen-bond donors (Lipinski definition) is 2. The smallest absolute Gasteiger partial charge is 0.408 e. The number of carbonyl (C=O) groups is 3. The van der Waals surface area contributed by atoms with Gasteiger partial charge in [0.15, 0.2) is 0 Å². The lowest BCUT2D eigenvalue weighted by Gasteiger charge is -2.22. The molecule has 0 saturated carbocycles. The van der Waals surface area contributed by atoms with Gasteiger partial charge in [-0.05, 0) is 17.9 Å². The van der Waals surface area contributed by atoms with E-state index >= 15 is 0 Å². The number of hydrogen-bond acceptors (Lipinski definition) is 5. The predicted molar refractivity (Wildman–Crippen MR) is 90.8 cm³/mol. The highest BCUT2D eigenvalue weighted by Gasteiger charge is 2.28. The first-order chi connectivity index (χ1) is 11.9. The van der Waals surface area contributed by atoms with Crippen LogP contribution in [0.2, 0.25) is 0 Å². The number of aliphatic carboxylic acids is 1. The summed E-state index contributed by atoms with van der Waals surface area (Å²) in [6, 6.07) is 8.37. The summed E-state index contributed by atoms with van der Waals surface area (Å²) in [4.78, 5) is 34.6. The van der Waals surface area contributed by atoms with Gasteiger partial charge in [0.05, 0.1) is 6.61 Å². The molecule has 0 radical (unpaired) electrons. The zero-order valence-electron chi connectivity index (χ0n) is 14.6. The van der Waals surface area contributed by atoms with E-state index < -0.39 is 24.1 Å². The largest absolute Gasteiger partial charge is 0.481 e. The summed E-state index contributed by atoms with van der Waals surface area (Å²) in [5.74, 6) is -1.68. The number of carboxylic acid groups (broad SMARTS) is 1. The normalized spacial score (nSPS) is 12.7. The molecular weight excluding hydrogens is 326 g/mol. The van der Waals surface area contributed by atoms with Gasteiger partial charge in [0.25, 0.3) is 0 Å². The van der Waals surface area contributed by atoms with Crippen LogP contribution in [0.4, 0.5) is 4.79 Å². The second-order valence-electron chi connectivity index (χ2n) is 5.73. The van der Waals surface area contributed by atoms with E-state index in [-0.39, 0.29) is 32.0 Å². The van der Waals surface area contributed by atoms with Gasteiger partial charge < -0.3 is 19.9 Å². The molecule has 0 aliphatic rings. The summed E-state index contributed by atoms with van der Waals surface area (Å²) in [5.41, 5.74) is 0.842. The maximum atomic E-state index is 12.2. The number of rotatable bonds is 10. The third-order valence-corrected chi connectivity index (χ3v) is 3.73. The first-order valence-corrected chi connectivity index (χ1v) is 8.29. The summed E-state index contributed by atoms with van der Waals surface area (Å²) in [6.45, 7) is 3.82. The number of amides is 1. The topological polar surface area (TPSA) is 102 Å². The van der Waals surface area contributed by atoms with Crippen molar-refractivity contribution in [3.8, 4) is 0 Å². The maximum absolute atomic E-state index is 12.2. The molecule has 7 nitrogen and oxygen atoms in total. The van der Waals surface area contributed by atoms with Crippen molar-refractivity contribution in [1.82, 2.24) is 5.32 Å². The van der Waals surface area contributed by atoms with E-state index in [1.807, 2.05) is 44.2 Å². The Morgan fingerprint density at radius 1 is 1.16 bits per heavy atom. The van der Waals surface area contributed by atoms with Gasteiger partial charge >= 0.3 is 18.0 Å². The van der Waals surface area contributed by atoms with Crippen LogP contribution in [0.3, 0.4) is 0 Å². The number of benzene rings is 1. The van der Waals surface area contributed by atoms with Crippen molar-refractivity contribution in [2.45, 2.75) is 45.8 Å². The average molecular weight is 351 g/mol. The number of carboxylic acids is 1. The summed E-state index contributed by atoms with van der Waals surface area (Å²) in [6.07, 6.45) is 0.116. The van der Waals surface area contributed by atoms with Gasteiger partial charge in [-0.15, -0.1) is 0 Å². The third-order valence-electron chi connectivity index (χ3n) is 3.73. The van der Waals surface area contributed by atoms with Crippen LogP contribution in [0.25, 0.3) is 0 Å². The Morgan fingerprint density at radius 2 is 1.84 bits per heavy atom. The third kappa shape index (κ3) is 8.19. The first kappa shape index (κ1) is 20.5. The van der Waals surface area contributed by atoms with Crippen molar-refractivity contribution < 1.29 is 29.0 Å². The minimum atomic E-state index is -0.947. The molecule has 0 heterocycles. The van der Waals surface area contributed by atoms with Gasteiger partial charge in [-0.3, -0.25) is 4.79 Å². The Labute approximate surface area is 147 Å². The lowest BCUT2D eigenvalue weighted by molar-refractivity contribution is -0.148. The van der Waals surface area contributed by atoms with E-state index in [1.165, 1.54) is 0 Å². The number of nitrogens with one attached hydrogen (secondary N) is 1. The Balaban J connectivity index is 2.49. The molecule has 0 fully saturated rings. The highest BCUT2D eigenvalue weighted by atomic mass is 16.6. The number of carbonyl (C=O) groups excluding carboxylic acids is 2. The quantitative estimate of drug-likeness (QED) is 0.496. The van der Waals surface area contributed by atoms with Crippen molar-refractivity contribution in [2.24, 2.45) is 5.92 Å². The second kappa shape index (κ2) is 11.1. The summed E-state index contributed by atoms with van der Waals surface area (Å²) < 4.78 is 10.2. The lowest BCUT2D eigenvalue weighted by Crippen LogP contribution is -2.46. The number of alkyl carbamates (subject to hydrolysis) is 1. The molecule has 25 heavy (non-hydrogen) atoms. The van der Waals surface area contributed by atoms with Crippen LogP contribution in [0.5, 0.6) is 0 Å². The van der Waals surface area contributed by atoms with Gasteiger partial charge in [0.1, 0.15) is 12.6 Å². The number of ether oxygens (including phenoxy) is 2. The van der Waals surface area contributed by atoms with Gasteiger partial charge in [0.2, 0.25) is 0 Å². The molecule has 1 amide bonds. The van der Waals surface area contributed by atoms with Crippen LogP contribution < -0.4 is 5.32 Å². The molecule has 0 aliphatic carbocycles. The molecule has 1 rings (SSSR count). The van der Waals surface area contributed by atoms with Crippen LogP contribution in [0, 0.1) is 5.92 Å². The molecule has 1 aromatic rings. The molecule has 7 heteroatoms. The fraction of sp³-hybridized carbons (Fsp3) is 0.500. The maximum Gasteiger partial charge on any atom is 0.408 e. The van der Waals surface area contributed by atoms with E-state index in [9.17, 15) is 14.4 Å². The monoisotopic (exact) mass is 351 g/mol. The fourth-order valence-electron chi connectivity index (χ4n) is 2.05. The molecule has 0 aliphatic heterocycles. The van der Waals surface area contributed by atoms with Crippen molar-refractivity contribution in [3.05, 3.63) is 35.9 Å². The Bertz CT molecular complexity index is 560. The molecule has 0 bridgehead atoms. The van der Waals surface area contributed by atoms with Crippen molar-refractivity contribution in [2.75, 3.05) is 6.61 Å². The zero-order valence-corrected chi connectivity index (χ0v) is 14.6. The van der Waals surface area contributed by atoms with Gasteiger partial charge in [-0.2, -0.15) is 0 Å². The second-order valence-corrected chi connectivity index (χ2v) is 5.73. The molecule has 2 N–H and O–H groups in total. The molecule has 0 spiro atoms. The molecule has 0 unspecified atom stereocenters. The average Bonchev–Trinajstić information content (AvgIpc) is 2.61. The lowest BCUT2D eigenvalue weighted by atomic mass is 9.99. The molecule has 0 aromatic heterocycles. The summed E-state index contributed by atoms with van der Waals surface area (Å²) >= 11 is 0. The van der Waals surface area contributed by atoms with E-state index in [2.05, 4.69) is 5.32 Å². The van der Waals surface area contributed by atoms with Crippen molar-refractivity contribution >= 4 is 18.0 Å². The minimum absolute atomic E-state index is 0.00118. The Kier molecular flexibility index (Phi) is 9.06.